The lowest BCUT2D eigenvalue weighted by Crippen LogP contribution is -2.11. The number of benzene rings is 1. The van der Waals surface area contributed by atoms with Gasteiger partial charge in [-0.3, -0.25) is 0 Å². The molecule has 0 radical (unpaired) electrons. The van der Waals surface area contributed by atoms with Crippen LogP contribution in [0, 0.1) is 6.92 Å². The number of aryl methyl sites for hydroxylation is 1. The molecular weight excluding hydrogens is 254 g/mol. The summed E-state index contributed by atoms with van der Waals surface area (Å²) >= 11 is 5.61. The fraction of sp³-hybridized carbons (Fsp3) is 0.364. The van der Waals surface area contributed by atoms with Crippen LogP contribution < -0.4 is 4.74 Å². The summed E-state index contributed by atoms with van der Waals surface area (Å²) in [5, 5.41) is 0. The van der Waals surface area contributed by atoms with Crippen molar-refractivity contribution in [3.05, 3.63) is 28.8 Å². The molecule has 0 aliphatic rings. The SMILES string of the molecule is COC(=O)c1c(C)cc(CCl)cc1OC(F)F. The first-order valence-electron chi connectivity index (χ1n) is 4.72. The second kappa shape index (κ2) is 5.82. The Kier molecular flexibility index (Phi) is 4.69. The van der Waals surface area contributed by atoms with Gasteiger partial charge in [-0.25, -0.2) is 4.79 Å². The van der Waals surface area contributed by atoms with Crippen molar-refractivity contribution in [2.75, 3.05) is 7.11 Å². The second-order valence-corrected chi connectivity index (χ2v) is 3.56. The van der Waals surface area contributed by atoms with Crippen LogP contribution >= 0.6 is 11.6 Å². The van der Waals surface area contributed by atoms with Gasteiger partial charge in [0.25, 0.3) is 0 Å². The smallest absolute Gasteiger partial charge is 0.387 e. The molecule has 1 aromatic rings. The van der Waals surface area contributed by atoms with Crippen molar-refractivity contribution in [1.29, 1.82) is 0 Å². The highest BCUT2D eigenvalue weighted by atomic mass is 35.5. The molecule has 0 bridgehead atoms. The molecule has 0 aromatic heterocycles. The summed E-state index contributed by atoms with van der Waals surface area (Å²) < 4.78 is 33.3. The van der Waals surface area contributed by atoms with Crippen LogP contribution in [0.3, 0.4) is 0 Å². The Morgan fingerprint density at radius 1 is 1.47 bits per heavy atom. The molecule has 6 heteroatoms. The van der Waals surface area contributed by atoms with Gasteiger partial charge in [-0.2, -0.15) is 8.78 Å². The van der Waals surface area contributed by atoms with E-state index in [1.807, 2.05) is 0 Å². The van der Waals surface area contributed by atoms with Crippen molar-refractivity contribution in [1.82, 2.24) is 0 Å². The van der Waals surface area contributed by atoms with Gasteiger partial charge in [0.05, 0.1) is 7.11 Å². The zero-order chi connectivity index (χ0) is 13.0. The van der Waals surface area contributed by atoms with E-state index in [1.54, 1.807) is 13.0 Å². The van der Waals surface area contributed by atoms with Crippen LogP contribution in [0.1, 0.15) is 21.5 Å². The molecule has 0 N–H and O–H groups in total. The molecule has 1 rings (SSSR count). The number of ether oxygens (including phenoxy) is 2. The summed E-state index contributed by atoms with van der Waals surface area (Å²) in [6.45, 7) is -1.41. The molecular formula is C11H11ClF2O3. The second-order valence-electron chi connectivity index (χ2n) is 3.29. The van der Waals surface area contributed by atoms with Crippen LogP contribution in [0.2, 0.25) is 0 Å². The highest BCUT2D eigenvalue weighted by molar-refractivity contribution is 6.17. The van der Waals surface area contributed by atoms with E-state index in [1.165, 1.54) is 13.2 Å². The molecule has 17 heavy (non-hydrogen) atoms. The number of rotatable bonds is 4. The van der Waals surface area contributed by atoms with Crippen LogP contribution in [-0.4, -0.2) is 19.7 Å². The Morgan fingerprint density at radius 2 is 2.12 bits per heavy atom. The Bertz CT molecular complexity index is 421. The number of hydrogen-bond donors (Lipinski definition) is 0. The molecule has 0 amide bonds. The van der Waals surface area contributed by atoms with Gasteiger partial charge in [0.1, 0.15) is 11.3 Å². The number of methoxy groups -OCH3 is 1. The summed E-state index contributed by atoms with van der Waals surface area (Å²) in [5.41, 5.74) is 1.06. The highest BCUT2D eigenvalue weighted by Crippen LogP contribution is 2.27. The summed E-state index contributed by atoms with van der Waals surface area (Å²) in [6, 6.07) is 2.93. The van der Waals surface area contributed by atoms with Gasteiger partial charge >= 0.3 is 12.6 Å². The zero-order valence-corrected chi connectivity index (χ0v) is 10.1. The predicted molar refractivity (Wildman–Crippen MR) is 58.7 cm³/mol. The third-order valence-corrected chi connectivity index (χ3v) is 2.43. The van der Waals surface area contributed by atoms with E-state index in [0.717, 1.165) is 0 Å². The summed E-state index contributed by atoms with van der Waals surface area (Å²) in [7, 11) is 1.17. The number of hydrogen-bond acceptors (Lipinski definition) is 3. The molecule has 3 nitrogen and oxygen atoms in total. The van der Waals surface area contributed by atoms with Crippen LogP contribution in [0.15, 0.2) is 12.1 Å². The lowest BCUT2D eigenvalue weighted by Gasteiger charge is -2.13. The molecule has 0 saturated heterocycles. The van der Waals surface area contributed by atoms with Crippen molar-refractivity contribution in [2.24, 2.45) is 0 Å². The maximum absolute atomic E-state index is 12.2. The minimum Gasteiger partial charge on any atom is -0.465 e. The topological polar surface area (TPSA) is 35.5 Å². The fourth-order valence-corrected chi connectivity index (χ4v) is 1.61. The van der Waals surface area contributed by atoms with E-state index in [9.17, 15) is 13.6 Å². The molecule has 0 fully saturated rings. The van der Waals surface area contributed by atoms with Gasteiger partial charge in [0.2, 0.25) is 0 Å². The van der Waals surface area contributed by atoms with Gasteiger partial charge in [-0.1, -0.05) is 6.07 Å². The number of alkyl halides is 3. The molecule has 0 aliphatic heterocycles. The molecule has 0 atom stereocenters. The quantitative estimate of drug-likeness (QED) is 0.619. The van der Waals surface area contributed by atoms with E-state index < -0.39 is 12.6 Å². The Labute approximate surface area is 102 Å². The molecule has 0 aliphatic carbocycles. The number of carbonyl (C=O) groups is 1. The van der Waals surface area contributed by atoms with Crippen LogP contribution in [0.4, 0.5) is 8.78 Å². The zero-order valence-electron chi connectivity index (χ0n) is 9.30. The van der Waals surface area contributed by atoms with Gasteiger partial charge in [0, 0.05) is 5.88 Å². The third-order valence-electron chi connectivity index (χ3n) is 2.12. The van der Waals surface area contributed by atoms with E-state index >= 15 is 0 Å². The van der Waals surface area contributed by atoms with Crippen LogP contribution in [0.25, 0.3) is 0 Å². The Hall–Kier alpha value is -1.36. The molecule has 0 spiro atoms. The maximum Gasteiger partial charge on any atom is 0.387 e. The fourth-order valence-electron chi connectivity index (χ4n) is 1.46. The molecule has 1 aromatic carbocycles. The van der Waals surface area contributed by atoms with Crippen molar-refractivity contribution >= 4 is 17.6 Å². The van der Waals surface area contributed by atoms with E-state index in [4.69, 9.17) is 11.6 Å². The van der Waals surface area contributed by atoms with Gasteiger partial charge in [0.15, 0.2) is 0 Å². The first-order valence-corrected chi connectivity index (χ1v) is 5.25. The van der Waals surface area contributed by atoms with Crippen molar-refractivity contribution < 1.29 is 23.0 Å². The monoisotopic (exact) mass is 264 g/mol. The van der Waals surface area contributed by atoms with Crippen molar-refractivity contribution in [3.8, 4) is 5.75 Å². The third kappa shape index (κ3) is 3.30. The summed E-state index contributed by atoms with van der Waals surface area (Å²) in [6.07, 6.45) is 0. The van der Waals surface area contributed by atoms with Gasteiger partial charge in [-0.05, 0) is 24.1 Å². The largest absolute Gasteiger partial charge is 0.465 e. The van der Waals surface area contributed by atoms with Crippen LogP contribution in [0.5, 0.6) is 5.75 Å². The van der Waals surface area contributed by atoms with Gasteiger partial charge < -0.3 is 9.47 Å². The standard InChI is InChI=1S/C11H11ClF2O3/c1-6-3-7(5-12)4-8(17-11(13)14)9(6)10(15)16-2/h3-4,11H,5H2,1-2H3. The van der Waals surface area contributed by atoms with Gasteiger partial charge in [-0.15, -0.1) is 11.6 Å². The number of esters is 1. The molecule has 0 unspecified atom stereocenters. The van der Waals surface area contributed by atoms with E-state index in [-0.39, 0.29) is 17.2 Å². The Balaban J connectivity index is 3.29. The lowest BCUT2D eigenvalue weighted by molar-refractivity contribution is -0.0504. The highest BCUT2D eigenvalue weighted by Gasteiger charge is 2.19. The molecule has 0 saturated carbocycles. The predicted octanol–water partition coefficient (Wildman–Crippen LogP) is 3.12. The molecule has 94 valence electrons. The first-order chi connectivity index (χ1) is 7.99. The number of carbonyl (C=O) groups excluding carboxylic acids is 1. The number of halogens is 3. The minimum atomic E-state index is -3.01. The van der Waals surface area contributed by atoms with E-state index in [0.29, 0.717) is 11.1 Å². The normalized spacial score (nSPS) is 10.5. The average molecular weight is 265 g/mol. The summed E-state index contributed by atoms with van der Waals surface area (Å²) in [5.74, 6) is -0.802. The van der Waals surface area contributed by atoms with Crippen molar-refractivity contribution in [3.63, 3.8) is 0 Å². The first kappa shape index (κ1) is 13.7. The average Bonchev–Trinajstić information content (AvgIpc) is 2.26. The molecule has 0 heterocycles. The lowest BCUT2D eigenvalue weighted by atomic mass is 10.0. The van der Waals surface area contributed by atoms with E-state index in [2.05, 4.69) is 9.47 Å². The van der Waals surface area contributed by atoms with Crippen LogP contribution in [-0.2, 0) is 10.6 Å². The minimum absolute atomic E-state index is 0.0123. The maximum atomic E-state index is 12.2. The van der Waals surface area contributed by atoms with Crippen molar-refractivity contribution in [2.45, 2.75) is 19.4 Å². The Morgan fingerprint density at radius 3 is 2.59 bits per heavy atom. The summed E-state index contributed by atoms with van der Waals surface area (Å²) in [4.78, 5) is 11.5.